The van der Waals surface area contributed by atoms with Crippen LogP contribution in [-0.4, -0.2) is 16.7 Å². The first-order chi connectivity index (χ1) is 14.2. The van der Waals surface area contributed by atoms with E-state index in [1.54, 1.807) is 18.3 Å². The molecule has 4 aromatic rings. The Kier molecular flexibility index (Phi) is 5.49. The Bertz CT molecular complexity index is 1120. The predicted octanol–water partition coefficient (Wildman–Crippen LogP) is 5.01. The fourth-order valence-electron chi connectivity index (χ4n) is 3.33. The van der Waals surface area contributed by atoms with E-state index in [-0.39, 0.29) is 11.8 Å². The molecule has 0 bridgehead atoms. The molecule has 1 atom stereocenters. The summed E-state index contributed by atoms with van der Waals surface area (Å²) in [6, 6.07) is 18.6. The third kappa shape index (κ3) is 3.96. The molecule has 29 heavy (non-hydrogen) atoms. The van der Waals surface area contributed by atoms with Crippen molar-refractivity contribution in [2.75, 3.05) is 11.9 Å². The molecule has 0 saturated carbocycles. The first-order valence-corrected chi connectivity index (χ1v) is 9.77. The summed E-state index contributed by atoms with van der Waals surface area (Å²) in [4.78, 5) is 7.51. The Hall–Kier alpha value is -3.31. The zero-order valence-corrected chi connectivity index (χ0v) is 16.6. The highest BCUT2D eigenvalue weighted by Crippen LogP contribution is 2.39. The Morgan fingerprint density at radius 3 is 2.69 bits per heavy atom. The number of fused-ring (bicyclic) bond motifs is 1. The van der Waals surface area contributed by atoms with Crippen molar-refractivity contribution in [2.24, 2.45) is 0 Å². The number of H-pyrrole nitrogens is 1. The number of anilines is 1. The minimum absolute atomic E-state index is 0.104. The van der Waals surface area contributed by atoms with E-state index in [4.69, 9.17) is 16.3 Å². The summed E-state index contributed by atoms with van der Waals surface area (Å²) in [5, 5.41) is 15.7. The van der Waals surface area contributed by atoms with Gasteiger partial charge in [-0.15, -0.1) is 0 Å². The molecule has 2 heterocycles. The molecule has 0 aliphatic heterocycles. The molecule has 6 heteroatoms. The molecule has 0 fully saturated rings. The highest BCUT2D eigenvalue weighted by atomic mass is 35.5. The Morgan fingerprint density at radius 2 is 1.97 bits per heavy atom. The second-order valence-corrected chi connectivity index (χ2v) is 6.96. The quantitative estimate of drug-likeness (QED) is 0.472. The lowest BCUT2D eigenvalue weighted by atomic mass is 9.96. The Labute approximate surface area is 174 Å². The van der Waals surface area contributed by atoms with Crippen LogP contribution in [0.3, 0.4) is 0 Å². The Balaban J connectivity index is 1.84. The normalized spacial score (nSPS) is 11.9. The zero-order valence-electron chi connectivity index (χ0n) is 15.9. The number of benzene rings is 2. The Morgan fingerprint density at radius 1 is 1.14 bits per heavy atom. The number of aromatic nitrogens is 2. The second-order valence-electron chi connectivity index (χ2n) is 6.55. The summed E-state index contributed by atoms with van der Waals surface area (Å²) in [5.41, 5.74) is 2.07. The molecule has 0 amide bonds. The molecule has 2 aromatic carbocycles. The zero-order chi connectivity index (χ0) is 20.2. The van der Waals surface area contributed by atoms with Crippen molar-refractivity contribution in [3.63, 3.8) is 0 Å². The molecule has 5 nitrogen and oxygen atoms in total. The van der Waals surface area contributed by atoms with Gasteiger partial charge < -0.3 is 9.84 Å². The lowest BCUT2D eigenvalue weighted by Gasteiger charge is -2.18. The monoisotopic (exact) mass is 406 g/mol. The van der Waals surface area contributed by atoms with Crippen molar-refractivity contribution in [2.45, 2.75) is 13.0 Å². The third-order valence-corrected chi connectivity index (χ3v) is 5.00. The van der Waals surface area contributed by atoms with Crippen LogP contribution >= 0.6 is 11.6 Å². The number of hydrogen-bond acceptors (Lipinski definition) is 4. The van der Waals surface area contributed by atoms with Crippen LogP contribution in [0.4, 0.5) is 5.82 Å². The molecule has 2 aromatic heterocycles. The van der Waals surface area contributed by atoms with Crippen molar-refractivity contribution in [1.82, 2.24) is 4.98 Å². The van der Waals surface area contributed by atoms with E-state index in [1.807, 2.05) is 61.7 Å². The van der Waals surface area contributed by atoms with Crippen molar-refractivity contribution in [3.8, 4) is 11.5 Å². The van der Waals surface area contributed by atoms with Crippen molar-refractivity contribution in [1.29, 1.82) is 0 Å². The number of ether oxygens (including phenoxy) is 1. The highest BCUT2D eigenvalue weighted by Gasteiger charge is 2.25. The summed E-state index contributed by atoms with van der Waals surface area (Å²) >= 11 is 6.53. The standard InChI is InChI=1S/C23H20ClN3O2/c1-2-29-16-10-8-15(9-11-16)21(27-20-7-3-4-12-25-20)18-14-19(24)17-6-5-13-26-22(17)23(18)28/h3-14,21,28H,2H2,1H3,(H,25,27)/p+1/t21-/m0/s1. The largest absolute Gasteiger partial charge is 0.505 e. The maximum atomic E-state index is 11.0. The van der Waals surface area contributed by atoms with E-state index >= 15 is 0 Å². The number of halogens is 1. The summed E-state index contributed by atoms with van der Waals surface area (Å²) < 4.78 is 5.56. The lowest BCUT2D eigenvalue weighted by Crippen LogP contribution is -2.19. The molecule has 0 radical (unpaired) electrons. The summed E-state index contributed by atoms with van der Waals surface area (Å²) in [6.07, 6.45) is 3.48. The van der Waals surface area contributed by atoms with Gasteiger partial charge in [-0.2, -0.15) is 0 Å². The molecule has 3 N–H and O–H groups in total. The predicted molar refractivity (Wildman–Crippen MR) is 114 cm³/mol. The van der Waals surface area contributed by atoms with Crippen molar-refractivity contribution < 1.29 is 14.8 Å². The maximum absolute atomic E-state index is 11.0. The summed E-state index contributed by atoms with van der Waals surface area (Å²) in [7, 11) is 0. The molecule has 0 aliphatic rings. The average Bonchev–Trinajstić information content (AvgIpc) is 2.76. The van der Waals surface area contributed by atoms with E-state index in [0.717, 1.165) is 17.1 Å². The number of phenols is 1. The number of rotatable bonds is 6. The van der Waals surface area contributed by atoms with Gasteiger partial charge in [0.15, 0.2) is 0 Å². The van der Waals surface area contributed by atoms with Crippen LogP contribution in [0.1, 0.15) is 24.1 Å². The van der Waals surface area contributed by atoms with Gasteiger partial charge in [0.05, 0.1) is 17.8 Å². The van der Waals surface area contributed by atoms with Crippen LogP contribution in [0, 0.1) is 0 Å². The first-order valence-electron chi connectivity index (χ1n) is 9.39. The van der Waals surface area contributed by atoms with Gasteiger partial charge in [0.2, 0.25) is 0 Å². The number of nitrogens with zero attached hydrogens (tertiary/aromatic N) is 1. The molecular weight excluding hydrogens is 386 g/mol. The van der Waals surface area contributed by atoms with Gasteiger partial charge in [-0.1, -0.05) is 29.8 Å². The van der Waals surface area contributed by atoms with Crippen molar-refractivity contribution in [3.05, 3.63) is 89.2 Å². The number of nitrogens with one attached hydrogen (secondary N) is 2. The maximum Gasteiger partial charge on any atom is 0.272 e. The molecule has 0 saturated heterocycles. The van der Waals surface area contributed by atoms with Crippen LogP contribution < -0.4 is 15.0 Å². The van der Waals surface area contributed by atoms with Gasteiger partial charge in [-0.3, -0.25) is 10.3 Å². The molecule has 4 rings (SSSR count). The van der Waals surface area contributed by atoms with Crippen LogP contribution in [0.5, 0.6) is 11.5 Å². The smallest absolute Gasteiger partial charge is 0.272 e. The number of aromatic hydroxyl groups is 1. The van der Waals surface area contributed by atoms with Gasteiger partial charge in [-0.05, 0) is 43.3 Å². The summed E-state index contributed by atoms with van der Waals surface area (Å²) in [6.45, 7) is 2.55. The summed E-state index contributed by atoms with van der Waals surface area (Å²) in [5.74, 6) is 1.71. The second kappa shape index (κ2) is 8.37. The fourth-order valence-corrected chi connectivity index (χ4v) is 3.60. The number of hydrogen-bond donors (Lipinski definition) is 2. The SMILES string of the molecule is CCOc1ccc([C@H](Nc2cccc[nH+]2)c2cc(Cl)c3cccnc3c2O)cc1. The minimum atomic E-state index is -0.353. The molecule has 0 aliphatic carbocycles. The van der Waals surface area contributed by atoms with Gasteiger partial charge in [0.1, 0.15) is 23.1 Å². The average molecular weight is 407 g/mol. The van der Waals surface area contributed by atoms with Gasteiger partial charge in [0.25, 0.3) is 5.82 Å². The molecule has 0 unspecified atom stereocenters. The minimum Gasteiger partial charge on any atom is -0.505 e. The first kappa shape index (κ1) is 19.0. The lowest BCUT2D eigenvalue weighted by molar-refractivity contribution is -0.361. The van der Waals surface area contributed by atoms with Crippen LogP contribution in [0.25, 0.3) is 10.9 Å². The topological polar surface area (TPSA) is 68.5 Å². The van der Waals surface area contributed by atoms with Crippen molar-refractivity contribution >= 4 is 28.3 Å². The van der Waals surface area contributed by atoms with Gasteiger partial charge in [-0.25, -0.2) is 4.98 Å². The van der Waals surface area contributed by atoms with E-state index in [1.165, 1.54) is 0 Å². The number of pyridine rings is 2. The van der Waals surface area contributed by atoms with E-state index in [2.05, 4.69) is 15.3 Å². The van der Waals surface area contributed by atoms with Crippen LogP contribution in [-0.2, 0) is 0 Å². The van der Waals surface area contributed by atoms with E-state index < -0.39 is 0 Å². The third-order valence-electron chi connectivity index (χ3n) is 4.69. The van der Waals surface area contributed by atoms with E-state index in [0.29, 0.717) is 28.1 Å². The molecule has 0 spiro atoms. The fraction of sp³-hybridized carbons (Fsp3) is 0.130. The van der Waals surface area contributed by atoms with Gasteiger partial charge >= 0.3 is 0 Å². The van der Waals surface area contributed by atoms with Gasteiger partial charge in [0, 0.05) is 28.8 Å². The van der Waals surface area contributed by atoms with Crippen LogP contribution in [0.15, 0.2) is 73.1 Å². The number of aromatic amines is 1. The highest BCUT2D eigenvalue weighted by molar-refractivity contribution is 6.35. The molecule has 146 valence electrons. The van der Waals surface area contributed by atoms with Crippen LogP contribution in [0.2, 0.25) is 5.02 Å². The number of phenolic OH excluding ortho intramolecular Hbond substituents is 1. The van der Waals surface area contributed by atoms with E-state index in [9.17, 15) is 5.11 Å². The molecular formula is C23H21ClN3O2+.